The molecule has 0 fully saturated rings. The van der Waals surface area contributed by atoms with Gasteiger partial charge in [-0.1, -0.05) is 0 Å². The molecule has 2 aromatic rings. The Hall–Kier alpha value is -1.32. The molecule has 0 amide bonds. The van der Waals surface area contributed by atoms with Gasteiger partial charge < -0.3 is 4.90 Å². The summed E-state index contributed by atoms with van der Waals surface area (Å²) in [5.74, 6) is -0.782. The predicted molar refractivity (Wildman–Crippen MR) is 110 cm³/mol. The maximum atomic E-state index is 14.2. The lowest BCUT2D eigenvalue weighted by atomic mass is 10.1. The normalized spacial score (nSPS) is 11.5. The summed E-state index contributed by atoms with van der Waals surface area (Å²) in [5.41, 5.74) is -4.91. The molecule has 0 saturated carbocycles. The molecule has 0 unspecified atom stereocenters. The number of rotatable bonds is 4. The second-order valence-corrected chi connectivity index (χ2v) is 8.52. The lowest BCUT2D eigenvalue weighted by Crippen LogP contribution is -2.20. The summed E-state index contributed by atoms with van der Waals surface area (Å²) in [5, 5.41) is 22.4. The van der Waals surface area contributed by atoms with Crippen LogP contribution in [-0.2, 0) is 6.18 Å². The van der Waals surface area contributed by atoms with Crippen LogP contribution in [0.15, 0.2) is 30.0 Å². The van der Waals surface area contributed by atoms with Gasteiger partial charge in [0, 0.05) is 13.1 Å². The van der Waals surface area contributed by atoms with Gasteiger partial charge in [-0.2, -0.15) is 13.2 Å². The second kappa shape index (κ2) is 8.43. The highest BCUT2D eigenvalue weighted by atomic mass is 79.9. The number of hydrogen-bond acceptors (Lipinski definition) is 5. The van der Waals surface area contributed by atoms with Gasteiger partial charge >= 0.3 is 6.18 Å². The van der Waals surface area contributed by atoms with Crippen LogP contribution in [0, 0.1) is 26.0 Å². The van der Waals surface area contributed by atoms with Crippen LogP contribution in [0.25, 0.3) is 0 Å². The monoisotopic (exact) mass is 671 g/mol. The summed E-state index contributed by atoms with van der Waals surface area (Å²) in [6, 6.07) is 0.630. The van der Waals surface area contributed by atoms with Gasteiger partial charge in [-0.15, -0.1) is 0 Å². The zero-order valence-corrected chi connectivity index (χ0v) is 20.0. The molecule has 29 heavy (non-hydrogen) atoms. The third-order valence-electron chi connectivity index (χ3n) is 3.64. The van der Waals surface area contributed by atoms with Crippen LogP contribution in [0.3, 0.4) is 0 Å². The van der Waals surface area contributed by atoms with Gasteiger partial charge in [0.15, 0.2) is 5.82 Å². The first kappa shape index (κ1) is 24.0. The predicted octanol–water partition coefficient (Wildman–Crippen LogP) is 7.48. The summed E-state index contributed by atoms with van der Waals surface area (Å²) in [6.45, 7) is 0. The Bertz CT molecular complexity index is 1020. The molecule has 0 aliphatic carbocycles. The number of anilines is 2. The maximum Gasteiger partial charge on any atom is 0.418 e. The smallest absolute Gasteiger partial charge is 0.337 e. The number of alkyl halides is 3. The van der Waals surface area contributed by atoms with E-state index in [0.717, 1.165) is 11.9 Å². The topological polar surface area (TPSA) is 89.5 Å². The number of non-ortho nitro benzene ring substituents is 1. The lowest BCUT2D eigenvalue weighted by molar-refractivity contribution is -0.394. The summed E-state index contributed by atoms with van der Waals surface area (Å²) in [4.78, 5) is 20.9. The number of nitrogens with zero attached hydrogens (tertiary/aromatic N) is 3. The van der Waals surface area contributed by atoms with Crippen molar-refractivity contribution in [2.45, 2.75) is 6.18 Å². The summed E-state index contributed by atoms with van der Waals surface area (Å²) in [6.07, 6.45) is -5.16. The molecule has 0 aliphatic rings. The lowest BCUT2D eigenvalue weighted by Gasteiger charge is -2.26. The van der Waals surface area contributed by atoms with Gasteiger partial charge in [0.1, 0.15) is 5.69 Å². The highest BCUT2D eigenvalue weighted by Crippen LogP contribution is 2.51. The van der Waals surface area contributed by atoms with E-state index in [1.807, 2.05) is 0 Å². The van der Waals surface area contributed by atoms with E-state index in [4.69, 9.17) is 0 Å². The van der Waals surface area contributed by atoms with E-state index < -0.39 is 44.5 Å². The van der Waals surface area contributed by atoms with Crippen LogP contribution in [0.4, 0.5) is 40.3 Å². The molecule has 0 bridgehead atoms. The molecule has 2 rings (SSSR count). The van der Waals surface area contributed by atoms with E-state index in [9.17, 15) is 37.8 Å². The van der Waals surface area contributed by atoms with Crippen molar-refractivity contribution in [3.05, 3.63) is 61.6 Å². The van der Waals surface area contributed by atoms with Gasteiger partial charge in [0.05, 0.1) is 45.1 Å². The average Bonchev–Trinajstić information content (AvgIpc) is 2.62. The number of nitro benzene ring substituents is 2. The van der Waals surface area contributed by atoms with Crippen LogP contribution in [0.2, 0.25) is 0 Å². The van der Waals surface area contributed by atoms with Crippen LogP contribution in [0.1, 0.15) is 5.56 Å². The van der Waals surface area contributed by atoms with E-state index >= 15 is 0 Å². The molecule has 0 heterocycles. The molecule has 0 spiro atoms. The molecule has 15 heteroatoms. The van der Waals surface area contributed by atoms with Gasteiger partial charge in [-0.25, -0.2) is 4.39 Å². The van der Waals surface area contributed by atoms with Crippen molar-refractivity contribution < 1.29 is 27.4 Å². The maximum absolute atomic E-state index is 14.2. The largest absolute Gasteiger partial charge is 0.418 e. The second-order valence-electron chi connectivity index (χ2n) is 5.35. The summed E-state index contributed by atoms with van der Waals surface area (Å²) < 4.78 is 54.7. The van der Waals surface area contributed by atoms with Crippen LogP contribution >= 0.6 is 63.7 Å². The quantitative estimate of drug-likeness (QED) is 0.110. The van der Waals surface area contributed by atoms with Crippen molar-refractivity contribution in [1.82, 2.24) is 0 Å². The van der Waals surface area contributed by atoms with E-state index in [1.165, 1.54) is 0 Å². The van der Waals surface area contributed by atoms with Crippen LogP contribution in [0.5, 0.6) is 0 Å². The Morgan fingerprint density at radius 2 is 1.38 bits per heavy atom. The molecule has 2 aromatic carbocycles. The van der Waals surface area contributed by atoms with Gasteiger partial charge in [-0.05, 0) is 63.7 Å². The molecular formula is C14H5Br4F4N3O4. The number of benzene rings is 2. The van der Waals surface area contributed by atoms with E-state index in [2.05, 4.69) is 63.7 Å². The van der Waals surface area contributed by atoms with Crippen molar-refractivity contribution in [3.8, 4) is 0 Å². The Morgan fingerprint density at radius 1 is 0.897 bits per heavy atom. The molecule has 0 N–H and O–H groups in total. The Kier molecular flexibility index (Phi) is 6.96. The van der Waals surface area contributed by atoms with E-state index in [0.29, 0.717) is 6.07 Å². The first-order valence-corrected chi connectivity index (χ1v) is 10.2. The third-order valence-corrected chi connectivity index (χ3v) is 7.74. The third kappa shape index (κ3) is 4.41. The van der Waals surface area contributed by atoms with Crippen LogP contribution < -0.4 is 4.90 Å². The van der Waals surface area contributed by atoms with Crippen molar-refractivity contribution >= 4 is 86.5 Å². The van der Waals surface area contributed by atoms with Crippen molar-refractivity contribution in [2.75, 3.05) is 11.9 Å². The average molecular weight is 675 g/mol. The van der Waals surface area contributed by atoms with Crippen molar-refractivity contribution in [2.24, 2.45) is 0 Å². The summed E-state index contributed by atoms with van der Waals surface area (Å²) >= 11 is 12.0. The van der Waals surface area contributed by atoms with Gasteiger partial charge in [-0.3, -0.25) is 20.2 Å². The highest BCUT2D eigenvalue weighted by Gasteiger charge is 2.42. The standard InChI is InChI=1S/C14H5Br4F4N3O4/c1-23(13-9(17)7(15)11(19)8(16)10(13)18)12-5(14(20,21)22)2-4(24(26)27)3-6(12)25(28)29/h2-3H,1H3. The molecule has 156 valence electrons. The highest BCUT2D eigenvalue weighted by molar-refractivity contribution is 9.14. The zero-order valence-electron chi connectivity index (χ0n) is 13.7. The molecule has 0 aromatic heterocycles. The molecular weight excluding hydrogens is 670 g/mol. The van der Waals surface area contributed by atoms with Crippen molar-refractivity contribution in [3.63, 3.8) is 0 Å². The van der Waals surface area contributed by atoms with E-state index in [1.54, 1.807) is 0 Å². The summed E-state index contributed by atoms with van der Waals surface area (Å²) in [7, 11) is 1.07. The Morgan fingerprint density at radius 3 is 1.76 bits per heavy atom. The van der Waals surface area contributed by atoms with Gasteiger partial charge in [0.2, 0.25) is 0 Å². The number of hydrogen-bond donors (Lipinski definition) is 0. The number of nitro groups is 2. The minimum absolute atomic E-state index is 0.0478. The molecule has 0 atom stereocenters. The molecule has 7 nitrogen and oxygen atoms in total. The fourth-order valence-electron chi connectivity index (χ4n) is 2.42. The molecule has 0 radical (unpaired) electrons. The Balaban J connectivity index is 2.98. The Labute approximate surface area is 192 Å². The first-order valence-electron chi connectivity index (χ1n) is 6.99. The number of halogens is 8. The van der Waals surface area contributed by atoms with Crippen LogP contribution in [-0.4, -0.2) is 16.9 Å². The molecule has 0 saturated heterocycles. The minimum atomic E-state index is -5.16. The van der Waals surface area contributed by atoms with E-state index in [-0.39, 0.29) is 29.6 Å². The minimum Gasteiger partial charge on any atom is -0.337 e. The fraction of sp³-hybridized carbons (Fsp3) is 0.143. The fourth-order valence-corrected chi connectivity index (χ4v) is 5.00. The van der Waals surface area contributed by atoms with Gasteiger partial charge in [0.25, 0.3) is 11.4 Å². The SMILES string of the molecule is CN(c1c([N+](=O)[O-])cc([N+](=O)[O-])cc1C(F)(F)F)c1c(Br)c(Br)c(F)c(Br)c1Br. The molecule has 0 aliphatic heterocycles. The van der Waals surface area contributed by atoms with Crippen molar-refractivity contribution in [1.29, 1.82) is 0 Å². The zero-order chi connectivity index (χ0) is 22.4. The first-order chi connectivity index (χ1) is 13.2.